The van der Waals surface area contributed by atoms with Crippen molar-refractivity contribution in [2.45, 2.75) is 44.6 Å². The lowest BCUT2D eigenvalue weighted by molar-refractivity contribution is -0.116. The van der Waals surface area contributed by atoms with E-state index in [0.717, 1.165) is 32.1 Å². The lowest BCUT2D eigenvalue weighted by Gasteiger charge is -2.32. The molecule has 1 fully saturated rings. The van der Waals surface area contributed by atoms with E-state index in [-0.39, 0.29) is 24.9 Å². The molecule has 1 aliphatic rings. The van der Waals surface area contributed by atoms with Gasteiger partial charge in [0, 0.05) is 24.0 Å². The van der Waals surface area contributed by atoms with Gasteiger partial charge in [-0.3, -0.25) is 4.79 Å². The molecule has 0 aliphatic heterocycles. The number of carbonyl (C=O) groups excluding carboxylic acids is 1. The van der Waals surface area contributed by atoms with Crippen LogP contribution in [-0.2, 0) is 14.8 Å². The van der Waals surface area contributed by atoms with Crippen molar-refractivity contribution in [2.75, 3.05) is 25.2 Å². The number of methoxy groups -OCH3 is 1. The fraction of sp³-hybridized carbons (Fsp3) is 0.588. The molecule has 1 aromatic carbocycles. The van der Waals surface area contributed by atoms with Crippen LogP contribution in [0.1, 0.15) is 38.5 Å². The second kappa shape index (κ2) is 8.87. The first-order valence-corrected chi connectivity index (χ1v) is 10.6. The third-order valence-electron chi connectivity index (χ3n) is 4.40. The minimum Gasteiger partial charge on any atom is -0.495 e. The van der Waals surface area contributed by atoms with Crippen LogP contribution in [0.4, 0.5) is 5.69 Å². The number of ether oxygens (including phenoxy) is 1. The minimum absolute atomic E-state index is 0.00254. The first-order valence-electron chi connectivity index (χ1n) is 8.41. The number of nitrogens with one attached hydrogen (secondary N) is 1. The van der Waals surface area contributed by atoms with Crippen molar-refractivity contribution in [1.29, 1.82) is 0 Å². The number of nitrogens with zero attached hydrogens (tertiary/aromatic N) is 1. The minimum atomic E-state index is -3.35. The van der Waals surface area contributed by atoms with Gasteiger partial charge in [-0.1, -0.05) is 30.9 Å². The molecule has 0 aromatic heterocycles. The molecule has 0 radical (unpaired) electrons. The number of benzene rings is 1. The molecule has 1 aliphatic carbocycles. The van der Waals surface area contributed by atoms with E-state index in [1.54, 1.807) is 18.2 Å². The molecule has 0 atom stereocenters. The van der Waals surface area contributed by atoms with Gasteiger partial charge in [-0.15, -0.1) is 0 Å². The Morgan fingerprint density at radius 2 is 2.00 bits per heavy atom. The molecular weight excluding hydrogens is 364 g/mol. The zero-order valence-corrected chi connectivity index (χ0v) is 16.2. The zero-order chi connectivity index (χ0) is 18.4. The van der Waals surface area contributed by atoms with Gasteiger partial charge >= 0.3 is 0 Å². The smallest absolute Gasteiger partial charge is 0.225 e. The van der Waals surface area contributed by atoms with Gasteiger partial charge in [0.05, 0.1) is 19.1 Å². The van der Waals surface area contributed by atoms with Crippen LogP contribution in [0.3, 0.4) is 0 Å². The predicted molar refractivity (Wildman–Crippen MR) is 99.7 cm³/mol. The van der Waals surface area contributed by atoms with Crippen LogP contribution >= 0.6 is 11.6 Å². The summed E-state index contributed by atoms with van der Waals surface area (Å²) in [5.74, 6) is 0.232. The molecule has 1 saturated carbocycles. The summed E-state index contributed by atoms with van der Waals surface area (Å²) in [6, 6.07) is 4.94. The molecule has 0 heterocycles. The lowest BCUT2D eigenvalue weighted by Crippen LogP contribution is -2.42. The molecular formula is C17H25ClN2O4S. The second-order valence-electron chi connectivity index (χ2n) is 6.31. The number of carbonyl (C=O) groups is 1. The Morgan fingerprint density at radius 1 is 1.32 bits per heavy atom. The van der Waals surface area contributed by atoms with Crippen LogP contribution in [0.15, 0.2) is 18.2 Å². The van der Waals surface area contributed by atoms with Crippen LogP contribution in [-0.4, -0.2) is 44.6 Å². The predicted octanol–water partition coefficient (Wildman–Crippen LogP) is 3.27. The van der Waals surface area contributed by atoms with Gasteiger partial charge in [0.2, 0.25) is 15.9 Å². The number of amides is 1. The molecule has 0 bridgehead atoms. The van der Waals surface area contributed by atoms with Crippen molar-refractivity contribution in [2.24, 2.45) is 0 Å². The number of sulfonamides is 1. The fourth-order valence-corrected chi connectivity index (χ4v) is 4.54. The molecule has 1 N–H and O–H groups in total. The van der Waals surface area contributed by atoms with Crippen molar-refractivity contribution in [3.8, 4) is 5.75 Å². The highest BCUT2D eigenvalue weighted by Gasteiger charge is 2.28. The number of halogens is 1. The van der Waals surface area contributed by atoms with Crippen molar-refractivity contribution in [3.63, 3.8) is 0 Å². The number of hydrogen-bond donors (Lipinski definition) is 1. The standard InChI is InChI=1S/C17H25ClN2O4S/c1-24-16-9-8-13(18)12-15(16)19-17(21)10-11-20(25(2,22)23)14-6-4-3-5-7-14/h8-9,12,14H,3-7,10-11H2,1-2H3,(H,19,21). The summed E-state index contributed by atoms with van der Waals surface area (Å²) in [7, 11) is -1.84. The van der Waals surface area contributed by atoms with E-state index in [9.17, 15) is 13.2 Å². The molecule has 6 nitrogen and oxygen atoms in total. The Morgan fingerprint density at radius 3 is 2.60 bits per heavy atom. The van der Waals surface area contributed by atoms with Gasteiger partial charge in [0.1, 0.15) is 5.75 Å². The van der Waals surface area contributed by atoms with E-state index in [1.165, 1.54) is 17.7 Å². The van der Waals surface area contributed by atoms with Crippen molar-refractivity contribution < 1.29 is 17.9 Å². The summed E-state index contributed by atoms with van der Waals surface area (Å²) in [5, 5.41) is 3.22. The molecule has 140 valence electrons. The molecule has 0 saturated heterocycles. The molecule has 1 amide bonds. The molecule has 25 heavy (non-hydrogen) atoms. The maximum atomic E-state index is 12.3. The SMILES string of the molecule is COc1ccc(Cl)cc1NC(=O)CCN(C1CCCCC1)S(C)(=O)=O. The van der Waals surface area contributed by atoms with Crippen molar-refractivity contribution in [1.82, 2.24) is 4.31 Å². The molecule has 0 spiro atoms. The van der Waals surface area contributed by atoms with Crippen LogP contribution in [0, 0.1) is 0 Å². The number of anilines is 1. The normalized spacial score (nSPS) is 16.0. The lowest BCUT2D eigenvalue weighted by atomic mass is 9.95. The second-order valence-corrected chi connectivity index (χ2v) is 8.68. The van der Waals surface area contributed by atoms with E-state index in [2.05, 4.69) is 5.32 Å². The molecule has 2 rings (SSSR count). The largest absolute Gasteiger partial charge is 0.495 e. The van der Waals surface area contributed by atoms with E-state index < -0.39 is 10.0 Å². The zero-order valence-electron chi connectivity index (χ0n) is 14.6. The number of hydrogen-bond acceptors (Lipinski definition) is 4. The Bertz CT molecular complexity index is 703. The van der Waals surface area contributed by atoms with E-state index in [4.69, 9.17) is 16.3 Å². The molecule has 8 heteroatoms. The monoisotopic (exact) mass is 388 g/mol. The Kier molecular flexibility index (Phi) is 7.10. The van der Waals surface area contributed by atoms with Crippen molar-refractivity contribution >= 4 is 33.2 Å². The van der Waals surface area contributed by atoms with Gasteiger partial charge in [-0.2, -0.15) is 4.31 Å². The maximum Gasteiger partial charge on any atom is 0.225 e. The Balaban J connectivity index is 2.00. The highest BCUT2D eigenvalue weighted by atomic mass is 35.5. The van der Waals surface area contributed by atoms with Gasteiger partial charge < -0.3 is 10.1 Å². The van der Waals surface area contributed by atoms with Crippen LogP contribution in [0.2, 0.25) is 5.02 Å². The first-order chi connectivity index (χ1) is 11.8. The van der Waals surface area contributed by atoms with Crippen LogP contribution in [0.25, 0.3) is 0 Å². The number of rotatable bonds is 7. The summed E-state index contributed by atoms with van der Waals surface area (Å²) in [4.78, 5) is 12.3. The average molecular weight is 389 g/mol. The third-order valence-corrected chi connectivity index (χ3v) is 5.97. The van der Waals surface area contributed by atoms with Gasteiger partial charge in [0.15, 0.2) is 0 Å². The quantitative estimate of drug-likeness (QED) is 0.777. The Labute approximate surface area is 154 Å². The van der Waals surface area contributed by atoms with Crippen molar-refractivity contribution in [3.05, 3.63) is 23.2 Å². The third kappa shape index (κ3) is 5.87. The van der Waals surface area contributed by atoms with Gasteiger partial charge in [-0.05, 0) is 31.0 Å². The average Bonchev–Trinajstić information content (AvgIpc) is 2.55. The van der Waals surface area contributed by atoms with E-state index in [0.29, 0.717) is 16.5 Å². The fourth-order valence-electron chi connectivity index (χ4n) is 3.19. The summed E-state index contributed by atoms with van der Waals surface area (Å²) >= 11 is 5.95. The van der Waals surface area contributed by atoms with Gasteiger partial charge in [-0.25, -0.2) is 8.42 Å². The van der Waals surface area contributed by atoms with E-state index in [1.807, 2.05) is 0 Å². The Hall–Kier alpha value is -1.31. The maximum absolute atomic E-state index is 12.3. The highest BCUT2D eigenvalue weighted by Crippen LogP contribution is 2.28. The van der Waals surface area contributed by atoms with Gasteiger partial charge in [0.25, 0.3) is 0 Å². The molecule has 0 unspecified atom stereocenters. The summed E-state index contributed by atoms with van der Waals surface area (Å²) in [6.07, 6.45) is 6.21. The summed E-state index contributed by atoms with van der Waals surface area (Å²) in [5.41, 5.74) is 0.476. The van der Waals surface area contributed by atoms with E-state index >= 15 is 0 Å². The van der Waals surface area contributed by atoms with Crippen LogP contribution < -0.4 is 10.1 Å². The summed E-state index contributed by atoms with van der Waals surface area (Å²) in [6.45, 7) is 0.179. The highest BCUT2D eigenvalue weighted by molar-refractivity contribution is 7.88. The first kappa shape index (κ1) is 20.0. The topological polar surface area (TPSA) is 75.7 Å². The molecule has 1 aromatic rings. The summed E-state index contributed by atoms with van der Waals surface area (Å²) < 4.78 is 30.9. The van der Waals surface area contributed by atoms with Crippen LogP contribution in [0.5, 0.6) is 5.75 Å².